The van der Waals surface area contributed by atoms with Crippen molar-refractivity contribution in [2.24, 2.45) is 0 Å². The largest absolute Gasteiger partial charge is 0.507 e. The summed E-state index contributed by atoms with van der Waals surface area (Å²) in [5.41, 5.74) is 0.146. The first-order valence-corrected chi connectivity index (χ1v) is 5.94. The van der Waals surface area contributed by atoms with Crippen molar-refractivity contribution in [3.63, 3.8) is 0 Å². The molecule has 0 atom stereocenters. The van der Waals surface area contributed by atoms with E-state index in [1.807, 2.05) is 0 Å². The van der Waals surface area contributed by atoms with Gasteiger partial charge in [-0.15, -0.1) is 0 Å². The molecule has 1 aromatic carbocycles. The number of rotatable bonds is 3. The fourth-order valence-corrected chi connectivity index (χ4v) is 2.06. The minimum absolute atomic E-state index is 0.0217. The molecule has 0 aromatic heterocycles. The molecule has 6 nitrogen and oxygen atoms in total. The summed E-state index contributed by atoms with van der Waals surface area (Å²) in [4.78, 5) is 35.5. The average molecular weight is 262 g/mol. The third-order valence-corrected chi connectivity index (χ3v) is 3.09. The second-order valence-electron chi connectivity index (χ2n) is 4.28. The summed E-state index contributed by atoms with van der Waals surface area (Å²) in [7, 11) is 0. The van der Waals surface area contributed by atoms with Crippen LogP contribution in [0.2, 0.25) is 0 Å². The Balaban J connectivity index is 2.34. The molecule has 1 saturated heterocycles. The van der Waals surface area contributed by atoms with E-state index in [0.29, 0.717) is 38.8 Å². The van der Waals surface area contributed by atoms with E-state index in [2.05, 4.69) is 5.32 Å². The Labute approximate surface area is 110 Å². The van der Waals surface area contributed by atoms with Crippen molar-refractivity contribution in [3.8, 4) is 5.75 Å². The number of hydrogen-bond acceptors (Lipinski definition) is 5. The number of nitrogens with zero attached hydrogens (tertiary/aromatic N) is 1. The van der Waals surface area contributed by atoms with Crippen LogP contribution in [-0.2, 0) is 0 Å². The van der Waals surface area contributed by atoms with Gasteiger partial charge in [0.2, 0.25) is 0 Å². The molecule has 1 aliphatic heterocycles. The summed E-state index contributed by atoms with van der Waals surface area (Å²) in [5, 5.41) is 12.8. The number of phenols is 1. The van der Waals surface area contributed by atoms with Crippen LogP contribution in [0.4, 0.5) is 0 Å². The second-order valence-corrected chi connectivity index (χ2v) is 4.28. The number of benzene rings is 1. The van der Waals surface area contributed by atoms with Gasteiger partial charge >= 0.3 is 0 Å². The first-order valence-electron chi connectivity index (χ1n) is 5.94. The number of hydrogen-bond donors (Lipinski definition) is 2. The quantitative estimate of drug-likeness (QED) is 0.752. The highest BCUT2D eigenvalue weighted by Gasteiger charge is 2.20. The van der Waals surface area contributed by atoms with Gasteiger partial charge in [-0.3, -0.25) is 14.4 Å². The molecule has 0 unspecified atom stereocenters. The van der Waals surface area contributed by atoms with E-state index < -0.39 is 0 Å². The second kappa shape index (κ2) is 5.62. The number of carbonyl (C=O) groups is 3. The number of piperazine rings is 1. The molecule has 6 heteroatoms. The molecule has 1 fully saturated rings. The molecule has 1 aliphatic rings. The van der Waals surface area contributed by atoms with Gasteiger partial charge in [0.25, 0.3) is 5.91 Å². The average Bonchev–Trinajstić information content (AvgIpc) is 2.46. The van der Waals surface area contributed by atoms with Crippen molar-refractivity contribution in [1.82, 2.24) is 10.2 Å². The zero-order valence-electron chi connectivity index (χ0n) is 10.3. The van der Waals surface area contributed by atoms with Crippen molar-refractivity contribution >= 4 is 18.5 Å². The monoisotopic (exact) mass is 262 g/mol. The summed E-state index contributed by atoms with van der Waals surface area (Å²) in [6, 6.07) is 2.56. The van der Waals surface area contributed by atoms with Gasteiger partial charge in [-0.05, 0) is 12.1 Å². The van der Waals surface area contributed by atoms with Gasteiger partial charge in [-0.1, -0.05) is 0 Å². The first kappa shape index (κ1) is 13.2. The fraction of sp³-hybridized carbons (Fsp3) is 0.308. The Morgan fingerprint density at radius 3 is 2.47 bits per heavy atom. The summed E-state index contributed by atoms with van der Waals surface area (Å²) >= 11 is 0. The molecule has 2 N–H and O–H groups in total. The first-order chi connectivity index (χ1) is 9.17. The predicted molar refractivity (Wildman–Crippen MR) is 67.7 cm³/mol. The van der Waals surface area contributed by atoms with E-state index >= 15 is 0 Å². The minimum Gasteiger partial charge on any atom is -0.507 e. The summed E-state index contributed by atoms with van der Waals surface area (Å²) in [6.07, 6.45) is 0.857. The lowest BCUT2D eigenvalue weighted by molar-refractivity contribution is 0.0735. The van der Waals surface area contributed by atoms with Crippen LogP contribution in [0.5, 0.6) is 5.75 Å². The Bertz CT molecular complexity index is 522. The van der Waals surface area contributed by atoms with E-state index in [1.54, 1.807) is 4.90 Å². The van der Waals surface area contributed by atoms with E-state index in [-0.39, 0.29) is 28.3 Å². The Morgan fingerprint density at radius 2 is 1.89 bits per heavy atom. The van der Waals surface area contributed by atoms with E-state index in [0.717, 1.165) is 0 Å². The molecule has 0 spiro atoms. The molecule has 100 valence electrons. The zero-order valence-corrected chi connectivity index (χ0v) is 10.3. The standard InChI is InChI=1S/C13H14N2O4/c16-7-10-5-9(6-12(18)11(10)8-17)13(19)15-3-1-14-2-4-15/h5-8,14,18H,1-4H2. The number of nitrogens with one attached hydrogen (secondary N) is 1. The van der Waals surface area contributed by atoms with E-state index in [9.17, 15) is 19.5 Å². The van der Waals surface area contributed by atoms with Gasteiger partial charge in [0.05, 0.1) is 5.56 Å². The summed E-state index contributed by atoms with van der Waals surface area (Å²) in [6.45, 7) is 2.58. The Hall–Kier alpha value is -2.21. The third-order valence-electron chi connectivity index (χ3n) is 3.09. The van der Waals surface area contributed by atoms with Crippen LogP contribution in [0.15, 0.2) is 12.1 Å². The Morgan fingerprint density at radius 1 is 1.21 bits per heavy atom. The van der Waals surface area contributed by atoms with Crippen LogP contribution in [0, 0.1) is 0 Å². The van der Waals surface area contributed by atoms with Crippen LogP contribution >= 0.6 is 0 Å². The van der Waals surface area contributed by atoms with Crippen LogP contribution in [0.25, 0.3) is 0 Å². The molecule has 1 heterocycles. The smallest absolute Gasteiger partial charge is 0.254 e. The zero-order chi connectivity index (χ0) is 13.8. The predicted octanol–water partition coefficient (Wildman–Crippen LogP) is 0.0626. The van der Waals surface area contributed by atoms with Crippen molar-refractivity contribution in [2.75, 3.05) is 26.2 Å². The maximum atomic E-state index is 12.2. The molecular weight excluding hydrogens is 248 g/mol. The van der Waals surface area contributed by atoms with Gasteiger partial charge in [-0.25, -0.2) is 0 Å². The number of aromatic hydroxyl groups is 1. The van der Waals surface area contributed by atoms with Gasteiger partial charge in [0.1, 0.15) is 5.75 Å². The van der Waals surface area contributed by atoms with Crippen molar-refractivity contribution in [3.05, 3.63) is 28.8 Å². The summed E-state index contributed by atoms with van der Waals surface area (Å²) < 4.78 is 0. The van der Waals surface area contributed by atoms with Crippen molar-refractivity contribution in [1.29, 1.82) is 0 Å². The maximum Gasteiger partial charge on any atom is 0.254 e. The Kier molecular flexibility index (Phi) is 3.91. The van der Waals surface area contributed by atoms with Crippen LogP contribution in [0.1, 0.15) is 31.1 Å². The molecular formula is C13H14N2O4. The molecule has 1 amide bonds. The number of aldehydes is 2. The molecule has 0 radical (unpaired) electrons. The minimum atomic E-state index is -0.349. The van der Waals surface area contributed by atoms with Crippen LogP contribution < -0.4 is 5.32 Å². The topological polar surface area (TPSA) is 86.7 Å². The van der Waals surface area contributed by atoms with Crippen LogP contribution in [0.3, 0.4) is 0 Å². The van der Waals surface area contributed by atoms with Crippen molar-refractivity contribution in [2.45, 2.75) is 0 Å². The lowest BCUT2D eigenvalue weighted by atomic mass is 10.0. The highest BCUT2D eigenvalue weighted by Crippen LogP contribution is 2.22. The lowest BCUT2D eigenvalue weighted by Crippen LogP contribution is -2.46. The van der Waals surface area contributed by atoms with Gasteiger partial charge < -0.3 is 15.3 Å². The molecule has 0 saturated carbocycles. The molecule has 0 bridgehead atoms. The molecule has 1 aromatic rings. The number of phenolic OH excluding ortho intramolecular Hbond substituents is 1. The molecule has 0 aliphatic carbocycles. The van der Waals surface area contributed by atoms with Gasteiger partial charge in [0, 0.05) is 37.3 Å². The lowest BCUT2D eigenvalue weighted by Gasteiger charge is -2.27. The highest BCUT2D eigenvalue weighted by molar-refractivity contribution is 6.00. The third kappa shape index (κ3) is 2.63. The highest BCUT2D eigenvalue weighted by atomic mass is 16.3. The van der Waals surface area contributed by atoms with Gasteiger partial charge in [-0.2, -0.15) is 0 Å². The maximum absolute atomic E-state index is 12.2. The fourth-order valence-electron chi connectivity index (χ4n) is 2.06. The number of carbonyl (C=O) groups excluding carboxylic acids is 3. The van der Waals surface area contributed by atoms with E-state index in [1.165, 1.54) is 12.1 Å². The van der Waals surface area contributed by atoms with Crippen LogP contribution in [-0.4, -0.2) is 54.7 Å². The molecule has 2 rings (SSSR count). The van der Waals surface area contributed by atoms with Crippen molar-refractivity contribution < 1.29 is 19.5 Å². The van der Waals surface area contributed by atoms with Gasteiger partial charge in [0.15, 0.2) is 12.6 Å². The number of amides is 1. The SMILES string of the molecule is O=Cc1cc(C(=O)N2CCNCC2)cc(O)c1C=O. The van der Waals surface area contributed by atoms with E-state index in [4.69, 9.17) is 0 Å². The normalized spacial score (nSPS) is 15.1. The summed E-state index contributed by atoms with van der Waals surface area (Å²) in [5.74, 6) is -0.601. The molecule has 19 heavy (non-hydrogen) atoms.